The first-order chi connectivity index (χ1) is 11.6. The minimum Gasteiger partial charge on any atom is -0.478 e. The Kier molecular flexibility index (Phi) is 4.33. The molecule has 24 heavy (non-hydrogen) atoms. The number of aromatic carboxylic acids is 1. The Balaban J connectivity index is 1.70. The van der Waals surface area contributed by atoms with Gasteiger partial charge in [0.1, 0.15) is 12.7 Å². The van der Waals surface area contributed by atoms with Gasteiger partial charge in [0.05, 0.1) is 22.6 Å². The second-order valence-electron chi connectivity index (χ2n) is 5.08. The third kappa shape index (κ3) is 3.46. The number of hydrogen-bond acceptors (Lipinski definition) is 5. The molecule has 0 saturated heterocycles. The van der Waals surface area contributed by atoms with Crippen LogP contribution in [-0.4, -0.2) is 31.6 Å². The van der Waals surface area contributed by atoms with Crippen molar-refractivity contribution in [1.29, 1.82) is 0 Å². The molecule has 3 aromatic rings. The maximum absolute atomic E-state index is 10.8. The highest BCUT2D eigenvalue weighted by molar-refractivity contribution is 5.99. The van der Waals surface area contributed by atoms with E-state index < -0.39 is 5.97 Å². The van der Waals surface area contributed by atoms with Gasteiger partial charge >= 0.3 is 5.97 Å². The predicted octanol–water partition coefficient (Wildman–Crippen LogP) is 2.80. The summed E-state index contributed by atoms with van der Waals surface area (Å²) in [4.78, 5) is 14.7. The second-order valence-corrected chi connectivity index (χ2v) is 5.08. The molecule has 7 nitrogen and oxygen atoms in total. The summed E-state index contributed by atoms with van der Waals surface area (Å²) in [5, 5.41) is 17.3. The van der Waals surface area contributed by atoms with Crippen LogP contribution in [0.5, 0.6) is 0 Å². The minimum atomic E-state index is -0.950. The Hall–Kier alpha value is -3.48. The minimum absolute atomic E-state index is 0.241. The number of carbonyl (C=O) groups is 1. The van der Waals surface area contributed by atoms with Crippen molar-refractivity contribution in [2.75, 3.05) is 5.43 Å². The Morgan fingerprint density at radius 1 is 1.08 bits per heavy atom. The molecule has 2 aromatic carbocycles. The Labute approximate surface area is 138 Å². The van der Waals surface area contributed by atoms with Crippen LogP contribution in [-0.2, 0) is 0 Å². The second kappa shape index (κ2) is 6.74. The largest absolute Gasteiger partial charge is 0.478 e. The van der Waals surface area contributed by atoms with E-state index in [-0.39, 0.29) is 5.56 Å². The molecule has 7 heteroatoms. The van der Waals surface area contributed by atoms with Gasteiger partial charge in [-0.1, -0.05) is 12.1 Å². The van der Waals surface area contributed by atoms with Crippen LogP contribution in [0.1, 0.15) is 22.8 Å². The third-order valence-electron chi connectivity index (χ3n) is 3.45. The van der Waals surface area contributed by atoms with Crippen LogP contribution in [0.25, 0.3) is 5.69 Å². The van der Waals surface area contributed by atoms with Crippen LogP contribution in [0.4, 0.5) is 5.69 Å². The fourth-order valence-corrected chi connectivity index (χ4v) is 2.10. The van der Waals surface area contributed by atoms with E-state index in [1.54, 1.807) is 23.1 Å². The number of benzene rings is 2. The lowest BCUT2D eigenvalue weighted by molar-refractivity contribution is 0.0697. The Bertz CT molecular complexity index is 853. The fourth-order valence-electron chi connectivity index (χ4n) is 2.10. The van der Waals surface area contributed by atoms with Gasteiger partial charge in [-0.2, -0.15) is 10.2 Å². The number of carboxylic acids is 1. The zero-order valence-corrected chi connectivity index (χ0v) is 12.9. The molecule has 3 rings (SSSR count). The van der Waals surface area contributed by atoms with Crippen LogP contribution in [0.15, 0.2) is 66.3 Å². The first-order valence-corrected chi connectivity index (χ1v) is 7.22. The van der Waals surface area contributed by atoms with Crippen molar-refractivity contribution in [3.05, 3.63) is 72.3 Å². The molecule has 0 radical (unpaired) electrons. The zero-order valence-electron chi connectivity index (χ0n) is 12.9. The van der Waals surface area contributed by atoms with E-state index in [1.807, 2.05) is 31.2 Å². The van der Waals surface area contributed by atoms with Gasteiger partial charge in [-0.05, 0) is 48.9 Å². The van der Waals surface area contributed by atoms with Crippen molar-refractivity contribution < 1.29 is 9.90 Å². The summed E-state index contributed by atoms with van der Waals surface area (Å²) in [6.45, 7) is 1.89. The van der Waals surface area contributed by atoms with Gasteiger partial charge in [-0.15, -0.1) is 0 Å². The molecule has 1 aromatic heterocycles. The first kappa shape index (κ1) is 15.4. The summed E-state index contributed by atoms with van der Waals surface area (Å²) < 4.78 is 1.68. The monoisotopic (exact) mass is 321 g/mol. The molecule has 0 fully saturated rings. The molecule has 120 valence electrons. The molecule has 0 unspecified atom stereocenters. The molecule has 0 amide bonds. The van der Waals surface area contributed by atoms with Crippen molar-refractivity contribution in [1.82, 2.24) is 14.8 Å². The van der Waals surface area contributed by atoms with Crippen molar-refractivity contribution in [3.8, 4) is 5.69 Å². The lowest BCUT2D eigenvalue weighted by Crippen LogP contribution is -2.01. The Morgan fingerprint density at radius 2 is 1.75 bits per heavy atom. The first-order valence-electron chi connectivity index (χ1n) is 7.22. The number of hydrazone groups is 1. The maximum atomic E-state index is 10.8. The van der Waals surface area contributed by atoms with Crippen LogP contribution in [0.2, 0.25) is 0 Å². The number of nitrogens with one attached hydrogen (secondary N) is 1. The van der Waals surface area contributed by atoms with E-state index in [0.717, 1.165) is 22.6 Å². The molecule has 1 heterocycles. The summed E-state index contributed by atoms with van der Waals surface area (Å²) in [6.07, 6.45) is 3.12. The van der Waals surface area contributed by atoms with Gasteiger partial charge < -0.3 is 5.11 Å². The molecular formula is C17H15N5O2. The summed E-state index contributed by atoms with van der Waals surface area (Å²) >= 11 is 0. The fraction of sp³-hybridized carbons (Fsp3) is 0.0588. The molecule has 0 aliphatic rings. The van der Waals surface area contributed by atoms with Crippen LogP contribution in [0.3, 0.4) is 0 Å². The van der Waals surface area contributed by atoms with Crippen molar-refractivity contribution in [3.63, 3.8) is 0 Å². The summed E-state index contributed by atoms with van der Waals surface area (Å²) in [7, 11) is 0. The van der Waals surface area contributed by atoms with Crippen molar-refractivity contribution in [2.45, 2.75) is 6.92 Å². The third-order valence-corrected chi connectivity index (χ3v) is 3.45. The average molecular weight is 321 g/mol. The van der Waals surface area contributed by atoms with Gasteiger partial charge in [0.2, 0.25) is 0 Å². The lowest BCUT2D eigenvalue weighted by Gasteiger charge is -2.05. The highest BCUT2D eigenvalue weighted by Crippen LogP contribution is 2.12. The SMILES string of the molecule is C/C(=N\Nc1ccc(C(=O)O)cc1)c1ccc(-n2cncn2)cc1. The van der Waals surface area contributed by atoms with Gasteiger partial charge in [-0.25, -0.2) is 14.5 Å². The lowest BCUT2D eigenvalue weighted by atomic mass is 10.1. The smallest absolute Gasteiger partial charge is 0.335 e. The van der Waals surface area contributed by atoms with Gasteiger partial charge in [0.15, 0.2) is 0 Å². The molecular weight excluding hydrogens is 306 g/mol. The van der Waals surface area contributed by atoms with E-state index >= 15 is 0 Å². The van der Waals surface area contributed by atoms with Gasteiger partial charge in [-0.3, -0.25) is 5.43 Å². The number of carboxylic acid groups (broad SMARTS) is 1. The van der Waals surface area contributed by atoms with Crippen LogP contribution in [0, 0.1) is 0 Å². The number of anilines is 1. The normalized spacial score (nSPS) is 11.3. The van der Waals surface area contributed by atoms with E-state index in [1.165, 1.54) is 18.5 Å². The number of aromatic nitrogens is 3. The van der Waals surface area contributed by atoms with E-state index in [9.17, 15) is 4.79 Å². The average Bonchev–Trinajstić information content (AvgIpc) is 3.15. The van der Waals surface area contributed by atoms with Crippen molar-refractivity contribution >= 4 is 17.4 Å². The summed E-state index contributed by atoms with van der Waals surface area (Å²) in [5.41, 5.74) is 6.57. The zero-order chi connectivity index (χ0) is 16.9. The highest BCUT2D eigenvalue weighted by atomic mass is 16.4. The molecule has 2 N–H and O–H groups in total. The molecule has 0 aliphatic carbocycles. The number of hydrogen-bond donors (Lipinski definition) is 2. The molecule has 0 bridgehead atoms. The summed E-state index contributed by atoms with van der Waals surface area (Å²) in [6, 6.07) is 14.2. The molecule has 0 atom stereocenters. The maximum Gasteiger partial charge on any atom is 0.335 e. The number of nitrogens with zero attached hydrogens (tertiary/aromatic N) is 4. The van der Waals surface area contributed by atoms with E-state index in [0.29, 0.717) is 0 Å². The van der Waals surface area contributed by atoms with E-state index in [4.69, 9.17) is 5.11 Å². The Morgan fingerprint density at radius 3 is 2.33 bits per heavy atom. The standard InChI is InChI=1S/C17H15N5O2/c1-12(20-21-15-6-2-14(3-7-15)17(23)24)13-4-8-16(9-5-13)22-11-18-10-19-22/h2-11,21H,1H3,(H,23,24)/b20-12+. The quantitative estimate of drug-likeness (QED) is 0.557. The number of rotatable bonds is 5. The highest BCUT2D eigenvalue weighted by Gasteiger charge is 2.02. The predicted molar refractivity (Wildman–Crippen MR) is 90.6 cm³/mol. The molecule has 0 saturated carbocycles. The molecule has 0 spiro atoms. The summed E-state index contributed by atoms with van der Waals surface area (Å²) in [5.74, 6) is -0.950. The van der Waals surface area contributed by atoms with Gasteiger partial charge in [0.25, 0.3) is 0 Å². The molecule has 0 aliphatic heterocycles. The van der Waals surface area contributed by atoms with Crippen molar-refractivity contribution in [2.24, 2.45) is 5.10 Å². The van der Waals surface area contributed by atoms with Crippen LogP contribution >= 0.6 is 0 Å². The van der Waals surface area contributed by atoms with Crippen LogP contribution < -0.4 is 5.43 Å². The van der Waals surface area contributed by atoms with E-state index in [2.05, 4.69) is 20.6 Å². The topological polar surface area (TPSA) is 92.4 Å². The van der Waals surface area contributed by atoms with Gasteiger partial charge in [0, 0.05) is 0 Å².